The zero-order valence-corrected chi connectivity index (χ0v) is 13.2. The number of carbonyl (C=O) groups excluding carboxylic acids is 1. The molecule has 1 fully saturated rings. The first kappa shape index (κ1) is 14.7. The van der Waals surface area contributed by atoms with Crippen molar-refractivity contribution in [3.63, 3.8) is 0 Å². The molecule has 0 spiro atoms. The summed E-state index contributed by atoms with van der Waals surface area (Å²) < 4.78 is 0.965. The van der Waals surface area contributed by atoms with Crippen LogP contribution < -0.4 is 0 Å². The highest BCUT2D eigenvalue weighted by Crippen LogP contribution is 2.16. The molecule has 0 bridgehead atoms. The van der Waals surface area contributed by atoms with Crippen molar-refractivity contribution in [2.45, 2.75) is 18.9 Å². The molecule has 1 unspecified atom stereocenters. The lowest BCUT2D eigenvalue weighted by Gasteiger charge is -2.20. The van der Waals surface area contributed by atoms with Crippen LogP contribution in [0.2, 0.25) is 0 Å². The second-order valence-corrected chi connectivity index (χ2v) is 6.31. The maximum absolute atomic E-state index is 12.1. The lowest BCUT2D eigenvalue weighted by atomic mass is 10.1. The highest BCUT2D eigenvalue weighted by atomic mass is 79.9. The molecule has 1 aromatic carbocycles. The van der Waals surface area contributed by atoms with E-state index in [1.807, 2.05) is 24.3 Å². The van der Waals surface area contributed by atoms with Gasteiger partial charge < -0.3 is 9.80 Å². The van der Waals surface area contributed by atoms with E-state index >= 15 is 0 Å². The molecular weight excluding hydrogens is 304 g/mol. The van der Waals surface area contributed by atoms with Gasteiger partial charge in [-0.2, -0.15) is 0 Å². The van der Waals surface area contributed by atoms with Crippen LogP contribution in [0.15, 0.2) is 28.7 Å². The molecule has 104 valence electrons. The van der Waals surface area contributed by atoms with E-state index in [1.165, 1.54) is 6.42 Å². The maximum Gasteiger partial charge on any atom is 0.164 e. The largest absolute Gasteiger partial charge is 0.305 e. The first-order valence-electron chi connectivity index (χ1n) is 6.74. The number of carbonyl (C=O) groups is 1. The lowest BCUT2D eigenvalue weighted by molar-refractivity contribution is 0.0967. The molecule has 0 radical (unpaired) electrons. The van der Waals surface area contributed by atoms with Crippen LogP contribution in [0.4, 0.5) is 0 Å². The van der Waals surface area contributed by atoms with E-state index in [0.717, 1.165) is 29.7 Å². The number of benzene rings is 1. The molecule has 1 saturated heterocycles. The maximum atomic E-state index is 12.1. The molecule has 1 aliphatic rings. The van der Waals surface area contributed by atoms with Gasteiger partial charge in [0.15, 0.2) is 5.78 Å². The molecule has 4 heteroatoms. The minimum absolute atomic E-state index is 0.231. The summed E-state index contributed by atoms with van der Waals surface area (Å²) in [5.41, 5.74) is 0.803. The Labute approximate surface area is 123 Å². The zero-order valence-electron chi connectivity index (χ0n) is 11.6. The van der Waals surface area contributed by atoms with Gasteiger partial charge in [0, 0.05) is 35.6 Å². The number of nitrogens with zero attached hydrogens (tertiary/aromatic N) is 2. The molecular formula is C15H21BrN2O. The summed E-state index contributed by atoms with van der Waals surface area (Å²) >= 11 is 3.40. The van der Waals surface area contributed by atoms with Crippen LogP contribution in [-0.4, -0.2) is 55.4 Å². The van der Waals surface area contributed by atoms with Gasteiger partial charge in [0.2, 0.25) is 0 Å². The molecule has 0 N–H and O–H groups in total. The number of ketones is 1. The van der Waals surface area contributed by atoms with E-state index < -0.39 is 0 Å². The standard InChI is InChI=1S/C15H21BrN2O/c1-17(2)14-6-8-18(11-14)9-7-15(19)12-4-3-5-13(16)10-12/h3-5,10,14H,6-9,11H2,1-2H3. The van der Waals surface area contributed by atoms with Crippen LogP contribution >= 0.6 is 15.9 Å². The number of likely N-dealkylation sites (tertiary alicyclic amines) is 1. The van der Waals surface area contributed by atoms with Crippen molar-refractivity contribution in [1.82, 2.24) is 9.80 Å². The van der Waals surface area contributed by atoms with Crippen molar-refractivity contribution in [3.05, 3.63) is 34.3 Å². The van der Waals surface area contributed by atoms with Crippen molar-refractivity contribution in [2.75, 3.05) is 33.7 Å². The van der Waals surface area contributed by atoms with Crippen LogP contribution in [0.25, 0.3) is 0 Å². The third-order valence-corrected chi connectivity index (χ3v) is 4.27. The van der Waals surface area contributed by atoms with Crippen LogP contribution in [-0.2, 0) is 0 Å². The summed E-state index contributed by atoms with van der Waals surface area (Å²) in [6, 6.07) is 8.28. The number of hydrogen-bond acceptors (Lipinski definition) is 3. The van der Waals surface area contributed by atoms with Gasteiger partial charge in [-0.25, -0.2) is 0 Å². The first-order chi connectivity index (χ1) is 9.06. The summed E-state index contributed by atoms with van der Waals surface area (Å²) in [5.74, 6) is 0.231. The molecule has 19 heavy (non-hydrogen) atoms. The van der Waals surface area contributed by atoms with Crippen molar-refractivity contribution in [1.29, 1.82) is 0 Å². The smallest absolute Gasteiger partial charge is 0.164 e. The van der Waals surface area contributed by atoms with Crippen molar-refractivity contribution >= 4 is 21.7 Å². The zero-order chi connectivity index (χ0) is 13.8. The number of rotatable bonds is 5. The van der Waals surface area contributed by atoms with Gasteiger partial charge in [0.1, 0.15) is 0 Å². The van der Waals surface area contributed by atoms with Gasteiger partial charge in [-0.15, -0.1) is 0 Å². The summed E-state index contributed by atoms with van der Waals surface area (Å²) in [6.07, 6.45) is 1.81. The fourth-order valence-corrected chi connectivity index (χ4v) is 2.90. The Hall–Kier alpha value is -0.710. The Kier molecular flexibility index (Phi) is 5.13. The number of halogens is 1. The monoisotopic (exact) mass is 324 g/mol. The second kappa shape index (κ2) is 6.64. The van der Waals surface area contributed by atoms with E-state index in [9.17, 15) is 4.79 Å². The molecule has 3 nitrogen and oxygen atoms in total. The number of likely N-dealkylation sites (N-methyl/N-ethyl adjacent to an activating group) is 1. The van der Waals surface area contributed by atoms with E-state index in [2.05, 4.69) is 39.8 Å². The molecule has 1 aliphatic heterocycles. The van der Waals surface area contributed by atoms with Crippen LogP contribution in [0, 0.1) is 0 Å². The van der Waals surface area contributed by atoms with Crippen molar-refractivity contribution in [3.8, 4) is 0 Å². The average Bonchev–Trinajstić information content (AvgIpc) is 2.85. The average molecular weight is 325 g/mol. The molecule has 0 amide bonds. The third-order valence-electron chi connectivity index (χ3n) is 3.78. The Morgan fingerprint density at radius 3 is 2.89 bits per heavy atom. The van der Waals surface area contributed by atoms with Crippen LogP contribution in [0.5, 0.6) is 0 Å². The van der Waals surface area contributed by atoms with Gasteiger partial charge >= 0.3 is 0 Å². The Morgan fingerprint density at radius 1 is 1.47 bits per heavy atom. The Bertz CT molecular complexity index is 448. The van der Waals surface area contributed by atoms with Gasteiger partial charge in [-0.3, -0.25) is 4.79 Å². The van der Waals surface area contributed by atoms with E-state index in [4.69, 9.17) is 0 Å². The summed E-state index contributed by atoms with van der Waals surface area (Å²) in [5, 5.41) is 0. The molecule has 1 heterocycles. The predicted molar refractivity (Wildman–Crippen MR) is 81.6 cm³/mol. The minimum atomic E-state index is 0.231. The van der Waals surface area contributed by atoms with E-state index in [0.29, 0.717) is 12.5 Å². The van der Waals surface area contributed by atoms with E-state index in [1.54, 1.807) is 0 Å². The van der Waals surface area contributed by atoms with Crippen LogP contribution in [0.1, 0.15) is 23.2 Å². The van der Waals surface area contributed by atoms with Crippen LogP contribution in [0.3, 0.4) is 0 Å². The first-order valence-corrected chi connectivity index (χ1v) is 7.53. The second-order valence-electron chi connectivity index (χ2n) is 5.39. The highest BCUT2D eigenvalue weighted by Gasteiger charge is 2.23. The Balaban J connectivity index is 1.82. The van der Waals surface area contributed by atoms with E-state index in [-0.39, 0.29) is 5.78 Å². The SMILES string of the molecule is CN(C)C1CCN(CCC(=O)c2cccc(Br)c2)C1. The predicted octanol–water partition coefficient (Wildman–Crippen LogP) is 2.66. The molecule has 0 saturated carbocycles. The van der Waals surface area contributed by atoms with Gasteiger partial charge in [0.25, 0.3) is 0 Å². The Morgan fingerprint density at radius 2 is 2.26 bits per heavy atom. The topological polar surface area (TPSA) is 23.6 Å². The van der Waals surface area contributed by atoms with Gasteiger partial charge in [-0.05, 0) is 39.2 Å². The number of Topliss-reactive ketones (excluding diaryl/α,β-unsaturated/α-hetero) is 1. The van der Waals surface area contributed by atoms with Crippen molar-refractivity contribution in [2.24, 2.45) is 0 Å². The fourth-order valence-electron chi connectivity index (χ4n) is 2.50. The normalized spacial score (nSPS) is 20.1. The van der Waals surface area contributed by atoms with Gasteiger partial charge in [-0.1, -0.05) is 28.1 Å². The minimum Gasteiger partial charge on any atom is -0.305 e. The van der Waals surface area contributed by atoms with Gasteiger partial charge in [0.05, 0.1) is 0 Å². The lowest BCUT2D eigenvalue weighted by Crippen LogP contribution is -2.32. The van der Waals surface area contributed by atoms with Crippen molar-refractivity contribution < 1.29 is 4.79 Å². The highest BCUT2D eigenvalue weighted by molar-refractivity contribution is 9.10. The summed E-state index contributed by atoms with van der Waals surface area (Å²) in [4.78, 5) is 16.8. The molecule has 1 atom stereocenters. The molecule has 0 aliphatic carbocycles. The molecule has 0 aromatic heterocycles. The molecule has 1 aromatic rings. The molecule has 2 rings (SSSR count). The number of hydrogen-bond donors (Lipinski definition) is 0. The fraction of sp³-hybridized carbons (Fsp3) is 0.533. The summed E-state index contributed by atoms with van der Waals surface area (Å²) in [7, 11) is 4.25. The summed E-state index contributed by atoms with van der Waals surface area (Å²) in [6.45, 7) is 3.06. The third kappa shape index (κ3) is 4.13. The quantitative estimate of drug-likeness (QED) is 0.778.